The monoisotopic (exact) mass is 308 g/mol. The molecule has 0 unspecified atom stereocenters. The largest absolute Gasteiger partial charge is 0.417 e. The second-order valence-corrected chi connectivity index (χ2v) is 6.64. The fraction of sp³-hybridized carbons (Fsp3) is 0.500. The van der Waals surface area contributed by atoms with Gasteiger partial charge in [0.05, 0.1) is 10.5 Å². The van der Waals surface area contributed by atoms with Gasteiger partial charge in [-0.3, -0.25) is 0 Å². The maximum Gasteiger partial charge on any atom is 0.417 e. The van der Waals surface area contributed by atoms with Crippen molar-refractivity contribution in [3.63, 3.8) is 0 Å². The fourth-order valence-electron chi connectivity index (χ4n) is 2.18. The number of hydrogen-bond acceptors (Lipinski definition) is 3. The molecule has 0 bridgehead atoms. The van der Waals surface area contributed by atoms with Gasteiger partial charge in [0.15, 0.2) is 0 Å². The van der Waals surface area contributed by atoms with E-state index in [4.69, 9.17) is 5.73 Å². The minimum Gasteiger partial charge on any atom is -0.328 e. The molecule has 2 rings (SSSR count). The summed E-state index contributed by atoms with van der Waals surface area (Å²) in [6.07, 6.45) is -3.79. The van der Waals surface area contributed by atoms with Crippen LogP contribution in [0.15, 0.2) is 29.2 Å². The molecule has 0 saturated carbocycles. The summed E-state index contributed by atoms with van der Waals surface area (Å²) in [6, 6.07) is 4.14. The van der Waals surface area contributed by atoms with Crippen LogP contribution in [0.4, 0.5) is 13.2 Å². The van der Waals surface area contributed by atoms with Gasteiger partial charge in [0.25, 0.3) is 0 Å². The zero-order valence-corrected chi connectivity index (χ0v) is 11.4. The molecule has 2 N–H and O–H groups in total. The van der Waals surface area contributed by atoms with Gasteiger partial charge in [0, 0.05) is 19.1 Å². The van der Waals surface area contributed by atoms with E-state index in [0.29, 0.717) is 12.8 Å². The molecule has 20 heavy (non-hydrogen) atoms. The van der Waals surface area contributed by atoms with Gasteiger partial charge in [-0.1, -0.05) is 12.1 Å². The summed E-state index contributed by atoms with van der Waals surface area (Å²) in [6.45, 7) is 0.297. The van der Waals surface area contributed by atoms with Crippen molar-refractivity contribution in [2.75, 3.05) is 13.1 Å². The zero-order chi connectivity index (χ0) is 15.0. The van der Waals surface area contributed by atoms with Crippen molar-refractivity contribution in [1.82, 2.24) is 4.31 Å². The molecule has 1 saturated heterocycles. The van der Waals surface area contributed by atoms with Crippen molar-refractivity contribution in [2.45, 2.75) is 30.0 Å². The van der Waals surface area contributed by atoms with E-state index in [1.54, 1.807) is 0 Å². The van der Waals surface area contributed by atoms with Gasteiger partial charge in [0.1, 0.15) is 0 Å². The van der Waals surface area contributed by atoms with Crippen LogP contribution in [0.2, 0.25) is 0 Å². The number of alkyl halides is 3. The first-order chi connectivity index (χ1) is 9.23. The van der Waals surface area contributed by atoms with E-state index >= 15 is 0 Å². The number of piperidine rings is 1. The third kappa shape index (κ3) is 2.97. The standard InChI is InChI=1S/C12H15F3N2O2S/c13-12(14,15)10-3-1-2-4-11(10)20(18,19)17-7-5-9(16)6-8-17/h1-4,9H,5-8,16H2. The van der Waals surface area contributed by atoms with Crippen LogP contribution < -0.4 is 5.73 Å². The molecule has 0 amide bonds. The third-order valence-electron chi connectivity index (χ3n) is 3.31. The highest BCUT2D eigenvalue weighted by atomic mass is 32.2. The Labute approximate surface area is 115 Å². The van der Waals surface area contributed by atoms with Crippen molar-refractivity contribution >= 4 is 10.0 Å². The topological polar surface area (TPSA) is 63.4 Å². The molecule has 1 fully saturated rings. The number of halogens is 3. The normalized spacial score (nSPS) is 19.2. The van der Waals surface area contributed by atoms with Gasteiger partial charge in [-0.2, -0.15) is 17.5 Å². The minimum absolute atomic E-state index is 0.0979. The van der Waals surface area contributed by atoms with Gasteiger partial charge >= 0.3 is 6.18 Å². The number of nitrogens with zero attached hydrogens (tertiary/aromatic N) is 1. The molecule has 8 heteroatoms. The average Bonchev–Trinajstić information content (AvgIpc) is 2.38. The molecule has 1 heterocycles. The van der Waals surface area contributed by atoms with Crippen LogP contribution in [0, 0.1) is 0 Å². The number of hydrogen-bond donors (Lipinski definition) is 1. The van der Waals surface area contributed by atoms with Crippen LogP contribution >= 0.6 is 0 Å². The molecule has 0 spiro atoms. The van der Waals surface area contributed by atoms with Crippen LogP contribution in [0.1, 0.15) is 18.4 Å². The molecule has 1 aromatic carbocycles. The van der Waals surface area contributed by atoms with Crippen LogP contribution in [-0.2, 0) is 16.2 Å². The molecule has 0 aromatic heterocycles. The van der Waals surface area contributed by atoms with E-state index in [1.165, 1.54) is 12.1 Å². The van der Waals surface area contributed by atoms with Gasteiger partial charge in [0.2, 0.25) is 10.0 Å². The van der Waals surface area contributed by atoms with E-state index in [-0.39, 0.29) is 19.1 Å². The lowest BCUT2D eigenvalue weighted by Crippen LogP contribution is -2.43. The van der Waals surface area contributed by atoms with Crippen LogP contribution in [0.25, 0.3) is 0 Å². The molecule has 1 aliphatic rings. The van der Waals surface area contributed by atoms with Crippen LogP contribution in [0.3, 0.4) is 0 Å². The molecule has 112 valence electrons. The summed E-state index contributed by atoms with van der Waals surface area (Å²) >= 11 is 0. The van der Waals surface area contributed by atoms with E-state index in [9.17, 15) is 21.6 Å². The van der Waals surface area contributed by atoms with Gasteiger partial charge in [-0.15, -0.1) is 0 Å². The predicted octanol–water partition coefficient (Wildman–Crippen LogP) is 1.82. The summed E-state index contributed by atoms with van der Waals surface area (Å²) in [5.41, 5.74) is 4.55. The second kappa shape index (κ2) is 5.34. The van der Waals surface area contributed by atoms with Crippen LogP contribution in [-0.4, -0.2) is 31.9 Å². The van der Waals surface area contributed by atoms with Crippen LogP contribution in [0.5, 0.6) is 0 Å². The van der Waals surface area contributed by atoms with E-state index < -0.39 is 26.7 Å². The third-order valence-corrected chi connectivity index (χ3v) is 5.27. The smallest absolute Gasteiger partial charge is 0.328 e. The maximum atomic E-state index is 12.9. The Morgan fingerprint density at radius 2 is 1.70 bits per heavy atom. The zero-order valence-electron chi connectivity index (χ0n) is 10.6. The van der Waals surface area contributed by atoms with Crippen molar-refractivity contribution in [3.8, 4) is 0 Å². The number of nitrogens with two attached hydrogens (primary N) is 1. The molecular formula is C12H15F3N2O2S. The van der Waals surface area contributed by atoms with E-state index in [2.05, 4.69) is 0 Å². The lowest BCUT2D eigenvalue weighted by atomic mass is 10.1. The van der Waals surface area contributed by atoms with Gasteiger partial charge in [-0.05, 0) is 25.0 Å². The highest BCUT2D eigenvalue weighted by Gasteiger charge is 2.39. The minimum atomic E-state index is -4.70. The van der Waals surface area contributed by atoms with E-state index in [1.807, 2.05) is 0 Å². The second-order valence-electron chi connectivity index (χ2n) is 4.74. The molecule has 0 radical (unpaired) electrons. The summed E-state index contributed by atoms with van der Waals surface area (Å²) in [4.78, 5) is -0.692. The molecule has 4 nitrogen and oxygen atoms in total. The predicted molar refractivity (Wildman–Crippen MR) is 67.4 cm³/mol. The number of rotatable bonds is 2. The summed E-state index contributed by atoms with van der Waals surface area (Å²) in [5.74, 6) is 0. The molecular weight excluding hydrogens is 293 g/mol. The Morgan fingerprint density at radius 3 is 2.25 bits per heavy atom. The summed E-state index contributed by atoms with van der Waals surface area (Å²) < 4.78 is 64.5. The molecule has 0 atom stereocenters. The van der Waals surface area contributed by atoms with Crippen molar-refractivity contribution in [1.29, 1.82) is 0 Å². The highest BCUT2D eigenvalue weighted by Crippen LogP contribution is 2.35. The fourth-order valence-corrected chi connectivity index (χ4v) is 3.86. The van der Waals surface area contributed by atoms with Gasteiger partial charge in [-0.25, -0.2) is 8.42 Å². The average molecular weight is 308 g/mol. The first-order valence-electron chi connectivity index (χ1n) is 6.15. The van der Waals surface area contributed by atoms with Crippen molar-refractivity contribution in [3.05, 3.63) is 29.8 Å². The first kappa shape index (κ1) is 15.3. The quantitative estimate of drug-likeness (QED) is 0.906. The lowest BCUT2D eigenvalue weighted by molar-refractivity contribution is -0.139. The van der Waals surface area contributed by atoms with Crippen molar-refractivity contribution < 1.29 is 21.6 Å². The van der Waals surface area contributed by atoms with E-state index in [0.717, 1.165) is 16.4 Å². The molecule has 1 aliphatic heterocycles. The number of sulfonamides is 1. The Kier molecular flexibility index (Phi) is 4.08. The molecule has 1 aromatic rings. The van der Waals surface area contributed by atoms with Gasteiger partial charge < -0.3 is 5.73 Å². The Balaban J connectivity index is 2.40. The lowest BCUT2D eigenvalue weighted by Gasteiger charge is -2.30. The first-order valence-corrected chi connectivity index (χ1v) is 7.59. The Hall–Kier alpha value is -1.12. The Morgan fingerprint density at radius 1 is 1.15 bits per heavy atom. The molecule has 0 aliphatic carbocycles. The SMILES string of the molecule is NC1CCN(S(=O)(=O)c2ccccc2C(F)(F)F)CC1. The Bertz CT molecular complexity index is 579. The maximum absolute atomic E-state index is 12.9. The summed E-state index contributed by atoms with van der Waals surface area (Å²) in [5, 5.41) is 0. The highest BCUT2D eigenvalue weighted by molar-refractivity contribution is 7.89. The van der Waals surface area contributed by atoms with Crippen molar-refractivity contribution in [2.24, 2.45) is 5.73 Å². The summed E-state index contributed by atoms with van der Waals surface area (Å²) in [7, 11) is -4.14. The number of benzene rings is 1.